The summed E-state index contributed by atoms with van der Waals surface area (Å²) in [7, 11) is 1.38. The molecular formula is C19H21NO3. The van der Waals surface area contributed by atoms with Crippen molar-refractivity contribution in [3.05, 3.63) is 58.4 Å². The van der Waals surface area contributed by atoms with E-state index in [-0.39, 0.29) is 18.2 Å². The molecule has 1 aromatic heterocycles. The number of benzene rings is 1. The molecule has 0 saturated heterocycles. The van der Waals surface area contributed by atoms with Gasteiger partial charge in [0, 0.05) is 23.5 Å². The highest BCUT2D eigenvalue weighted by Gasteiger charge is 2.29. The van der Waals surface area contributed by atoms with Gasteiger partial charge in [-0.15, -0.1) is 0 Å². The minimum Gasteiger partial charge on any atom is -0.469 e. The molecule has 0 unspecified atom stereocenters. The fourth-order valence-electron chi connectivity index (χ4n) is 3.53. The second-order valence-corrected chi connectivity index (χ2v) is 5.98. The predicted molar refractivity (Wildman–Crippen MR) is 87.7 cm³/mol. The first-order valence-electron chi connectivity index (χ1n) is 7.96. The molecule has 0 amide bonds. The fourth-order valence-corrected chi connectivity index (χ4v) is 3.53. The predicted octanol–water partition coefficient (Wildman–Crippen LogP) is 2.94. The first-order valence-corrected chi connectivity index (χ1v) is 7.96. The van der Waals surface area contributed by atoms with E-state index in [0.717, 1.165) is 36.1 Å². The molecule has 0 aliphatic heterocycles. The summed E-state index contributed by atoms with van der Waals surface area (Å²) >= 11 is 0. The van der Waals surface area contributed by atoms with Crippen LogP contribution < -0.4 is 0 Å². The standard InChI is InChI=1S/C19H21NO3/c1-13(21)19-15-9-6-10-16(15)20(17(19)11-18(22)23-2)12-14-7-4-3-5-8-14/h3-5,7-8H,6,9-12H2,1-2H3. The Balaban J connectivity index is 2.10. The summed E-state index contributed by atoms with van der Waals surface area (Å²) in [6, 6.07) is 10.1. The number of hydrogen-bond donors (Lipinski definition) is 0. The monoisotopic (exact) mass is 311 g/mol. The fraction of sp³-hybridized carbons (Fsp3) is 0.368. The Bertz CT molecular complexity index is 744. The Morgan fingerprint density at radius 2 is 1.91 bits per heavy atom. The molecule has 23 heavy (non-hydrogen) atoms. The molecule has 0 spiro atoms. The average Bonchev–Trinajstić information content (AvgIpc) is 3.10. The number of ether oxygens (including phenoxy) is 1. The van der Waals surface area contributed by atoms with Crippen LogP contribution >= 0.6 is 0 Å². The molecule has 1 aromatic carbocycles. The van der Waals surface area contributed by atoms with Gasteiger partial charge in [-0.1, -0.05) is 30.3 Å². The second-order valence-electron chi connectivity index (χ2n) is 5.98. The Labute approximate surface area is 136 Å². The number of rotatable bonds is 5. The van der Waals surface area contributed by atoms with Crippen LogP contribution in [0.15, 0.2) is 30.3 Å². The van der Waals surface area contributed by atoms with Gasteiger partial charge in [-0.3, -0.25) is 9.59 Å². The molecule has 2 aromatic rings. The Morgan fingerprint density at radius 3 is 2.57 bits per heavy atom. The summed E-state index contributed by atoms with van der Waals surface area (Å²) in [5.74, 6) is -0.271. The van der Waals surface area contributed by atoms with Gasteiger partial charge in [0.15, 0.2) is 5.78 Å². The Morgan fingerprint density at radius 1 is 1.17 bits per heavy atom. The van der Waals surface area contributed by atoms with Crippen molar-refractivity contribution >= 4 is 11.8 Å². The summed E-state index contributed by atoms with van der Waals surface area (Å²) in [6.07, 6.45) is 3.09. The highest BCUT2D eigenvalue weighted by molar-refractivity contribution is 5.98. The van der Waals surface area contributed by atoms with Crippen LogP contribution in [-0.2, 0) is 35.3 Å². The highest BCUT2D eigenvalue weighted by atomic mass is 16.5. The molecule has 3 rings (SSSR count). The molecular weight excluding hydrogens is 290 g/mol. The Kier molecular flexibility index (Phi) is 4.33. The topological polar surface area (TPSA) is 48.3 Å². The summed E-state index contributed by atoms with van der Waals surface area (Å²) in [5, 5.41) is 0. The molecule has 1 heterocycles. The van der Waals surface area contributed by atoms with E-state index in [9.17, 15) is 9.59 Å². The van der Waals surface area contributed by atoms with Crippen molar-refractivity contribution in [2.45, 2.75) is 39.2 Å². The number of carbonyl (C=O) groups is 2. The van der Waals surface area contributed by atoms with Gasteiger partial charge in [-0.25, -0.2) is 0 Å². The number of esters is 1. The number of fused-ring (bicyclic) bond motifs is 1. The van der Waals surface area contributed by atoms with Gasteiger partial charge >= 0.3 is 5.97 Å². The van der Waals surface area contributed by atoms with Gasteiger partial charge in [0.2, 0.25) is 0 Å². The van der Waals surface area contributed by atoms with Crippen LogP contribution in [0.3, 0.4) is 0 Å². The molecule has 0 N–H and O–H groups in total. The minimum absolute atomic E-state index is 0.0360. The Hall–Kier alpha value is -2.36. The summed E-state index contributed by atoms with van der Waals surface area (Å²) in [5.41, 5.74) is 5.04. The van der Waals surface area contributed by atoms with Gasteiger partial charge in [0.25, 0.3) is 0 Å². The zero-order chi connectivity index (χ0) is 16.4. The zero-order valence-corrected chi connectivity index (χ0v) is 13.6. The number of nitrogens with zero attached hydrogens (tertiary/aromatic N) is 1. The maximum absolute atomic E-state index is 12.2. The smallest absolute Gasteiger partial charge is 0.311 e. The number of ketones is 1. The SMILES string of the molecule is COC(=O)Cc1c(C(C)=O)c2c(n1Cc1ccccc1)CCC2. The molecule has 4 nitrogen and oxygen atoms in total. The normalized spacial score (nSPS) is 13.0. The van der Waals surface area contributed by atoms with Crippen molar-refractivity contribution in [3.63, 3.8) is 0 Å². The van der Waals surface area contributed by atoms with Gasteiger partial charge < -0.3 is 9.30 Å². The number of Topliss-reactive ketones (excluding diaryl/α,β-unsaturated/α-hetero) is 1. The van der Waals surface area contributed by atoms with E-state index in [1.807, 2.05) is 18.2 Å². The molecule has 0 atom stereocenters. The van der Waals surface area contributed by atoms with Crippen LogP contribution in [0.25, 0.3) is 0 Å². The number of methoxy groups -OCH3 is 1. The molecule has 0 bridgehead atoms. The molecule has 1 aliphatic carbocycles. The quantitative estimate of drug-likeness (QED) is 0.630. The van der Waals surface area contributed by atoms with E-state index in [1.54, 1.807) is 6.92 Å². The minimum atomic E-state index is -0.307. The molecule has 0 radical (unpaired) electrons. The molecule has 4 heteroatoms. The molecule has 120 valence electrons. The van der Waals surface area contributed by atoms with E-state index >= 15 is 0 Å². The largest absolute Gasteiger partial charge is 0.469 e. The van der Waals surface area contributed by atoms with Crippen LogP contribution in [0.5, 0.6) is 0 Å². The summed E-state index contributed by atoms with van der Waals surface area (Å²) in [4.78, 5) is 24.0. The highest BCUT2D eigenvalue weighted by Crippen LogP contribution is 2.32. The first-order chi connectivity index (χ1) is 11.1. The summed E-state index contributed by atoms with van der Waals surface area (Å²) in [6.45, 7) is 2.27. The van der Waals surface area contributed by atoms with Gasteiger partial charge in [0.05, 0.1) is 13.5 Å². The van der Waals surface area contributed by atoms with E-state index in [4.69, 9.17) is 4.74 Å². The first kappa shape index (κ1) is 15.5. The van der Waals surface area contributed by atoms with Crippen LogP contribution in [0, 0.1) is 0 Å². The molecule has 1 aliphatic rings. The summed E-state index contributed by atoms with van der Waals surface area (Å²) < 4.78 is 6.99. The van der Waals surface area contributed by atoms with Crippen LogP contribution in [-0.4, -0.2) is 23.4 Å². The number of carbonyl (C=O) groups excluding carboxylic acids is 2. The van der Waals surface area contributed by atoms with Crippen LogP contribution in [0.2, 0.25) is 0 Å². The van der Waals surface area contributed by atoms with Crippen molar-refractivity contribution < 1.29 is 14.3 Å². The van der Waals surface area contributed by atoms with Gasteiger partial charge in [0.1, 0.15) is 0 Å². The molecule has 0 saturated carbocycles. The lowest BCUT2D eigenvalue weighted by Crippen LogP contribution is -2.15. The van der Waals surface area contributed by atoms with Crippen LogP contribution in [0.4, 0.5) is 0 Å². The zero-order valence-electron chi connectivity index (χ0n) is 13.6. The van der Waals surface area contributed by atoms with Crippen molar-refractivity contribution in [2.75, 3.05) is 7.11 Å². The third kappa shape index (κ3) is 2.93. The maximum atomic E-state index is 12.2. The lowest BCUT2D eigenvalue weighted by atomic mass is 10.0. The second kappa shape index (κ2) is 6.41. The van der Waals surface area contributed by atoms with Crippen molar-refractivity contribution in [1.82, 2.24) is 4.57 Å². The van der Waals surface area contributed by atoms with E-state index in [2.05, 4.69) is 16.7 Å². The van der Waals surface area contributed by atoms with Crippen molar-refractivity contribution in [3.8, 4) is 0 Å². The third-order valence-electron chi connectivity index (χ3n) is 4.51. The van der Waals surface area contributed by atoms with Gasteiger partial charge in [-0.05, 0) is 37.3 Å². The molecule has 0 fully saturated rings. The number of hydrogen-bond acceptors (Lipinski definition) is 3. The van der Waals surface area contributed by atoms with E-state index in [0.29, 0.717) is 6.54 Å². The lowest BCUT2D eigenvalue weighted by molar-refractivity contribution is -0.139. The third-order valence-corrected chi connectivity index (χ3v) is 4.51. The van der Waals surface area contributed by atoms with Crippen molar-refractivity contribution in [2.24, 2.45) is 0 Å². The van der Waals surface area contributed by atoms with Crippen molar-refractivity contribution in [1.29, 1.82) is 0 Å². The average molecular weight is 311 g/mol. The maximum Gasteiger partial charge on any atom is 0.311 e. The lowest BCUT2D eigenvalue weighted by Gasteiger charge is -2.13. The van der Waals surface area contributed by atoms with E-state index < -0.39 is 0 Å². The van der Waals surface area contributed by atoms with Crippen LogP contribution in [0.1, 0.15) is 46.2 Å². The van der Waals surface area contributed by atoms with E-state index in [1.165, 1.54) is 18.4 Å². The van der Waals surface area contributed by atoms with Gasteiger partial charge in [-0.2, -0.15) is 0 Å². The number of aromatic nitrogens is 1.